The number of aromatic hydroxyl groups is 1. The summed E-state index contributed by atoms with van der Waals surface area (Å²) in [6.45, 7) is 1.85. The van der Waals surface area contributed by atoms with E-state index in [1.807, 2.05) is 0 Å². The second-order valence-corrected chi connectivity index (χ2v) is 3.89. The monoisotopic (exact) mass is 221 g/mol. The van der Waals surface area contributed by atoms with Gasteiger partial charge in [0.1, 0.15) is 5.75 Å². The standard InChI is InChI=1S/C12H15NO3/c14-10-3-1-9(2-4-10)7-12(15)11-8-16-6-5-13-11/h1-4,11,13-14H,5-8H2. The Morgan fingerprint density at radius 2 is 2.19 bits per heavy atom. The molecule has 4 heteroatoms. The highest BCUT2D eigenvalue weighted by atomic mass is 16.5. The van der Waals surface area contributed by atoms with Crippen molar-refractivity contribution in [1.29, 1.82) is 0 Å². The van der Waals surface area contributed by atoms with Crippen molar-refractivity contribution < 1.29 is 14.6 Å². The van der Waals surface area contributed by atoms with Gasteiger partial charge in [-0.2, -0.15) is 0 Å². The summed E-state index contributed by atoms with van der Waals surface area (Å²) < 4.78 is 5.24. The summed E-state index contributed by atoms with van der Waals surface area (Å²) in [4.78, 5) is 11.8. The van der Waals surface area contributed by atoms with Gasteiger partial charge in [-0.3, -0.25) is 4.79 Å². The van der Waals surface area contributed by atoms with Gasteiger partial charge in [0, 0.05) is 13.0 Å². The van der Waals surface area contributed by atoms with Crippen molar-refractivity contribution in [3.8, 4) is 5.75 Å². The first-order chi connectivity index (χ1) is 7.75. The van der Waals surface area contributed by atoms with Crippen LogP contribution in [0.25, 0.3) is 0 Å². The Balaban J connectivity index is 1.93. The Hall–Kier alpha value is -1.39. The van der Waals surface area contributed by atoms with E-state index < -0.39 is 0 Å². The number of benzene rings is 1. The molecule has 86 valence electrons. The van der Waals surface area contributed by atoms with Gasteiger partial charge in [-0.25, -0.2) is 0 Å². The number of hydrogen-bond donors (Lipinski definition) is 2. The van der Waals surface area contributed by atoms with Gasteiger partial charge in [0.2, 0.25) is 0 Å². The highest BCUT2D eigenvalue weighted by Crippen LogP contribution is 2.11. The minimum atomic E-state index is -0.192. The molecule has 2 N–H and O–H groups in total. The van der Waals surface area contributed by atoms with Gasteiger partial charge in [0.05, 0.1) is 19.3 Å². The molecule has 0 aromatic heterocycles. The second kappa shape index (κ2) is 5.09. The number of morpholine rings is 1. The van der Waals surface area contributed by atoms with E-state index in [9.17, 15) is 4.79 Å². The van der Waals surface area contributed by atoms with Gasteiger partial charge >= 0.3 is 0 Å². The van der Waals surface area contributed by atoms with E-state index in [0.29, 0.717) is 19.6 Å². The van der Waals surface area contributed by atoms with Crippen molar-refractivity contribution in [2.24, 2.45) is 0 Å². The van der Waals surface area contributed by atoms with E-state index in [1.54, 1.807) is 24.3 Å². The van der Waals surface area contributed by atoms with Gasteiger partial charge < -0.3 is 15.2 Å². The highest BCUT2D eigenvalue weighted by molar-refractivity contribution is 5.86. The molecule has 0 aliphatic carbocycles. The molecule has 2 rings (SSSR count). The van der Waals surface area contributed by atoms with Crippen LogP contribution in [0.3, 0.4) is 0 Å². The van der Waals surface area contributed by atoms with Crippen LogP contribution >= 0.6 is 0 Å². The van der Waals surface area contributed by atoms with Gasteiger partial charge in [-0.15, -0.1) is 0 Å². The van der Waals surface area contributed by atoms with E-state index in [-0.39, 0.29) is 17.6 Å². The number of nitrogens with one attached hydrogen (secondary N) is 1. The summed E-state index contributed by atoms with van der Waals surface area (Å²) in [6, 6.07) is 6.51. The molecule has 0 radical (unpaired) electrons. The van der Waals surface area contributed by atoms with Crippen molar-refractivity contribution in [2.45, 2.75) is 12.5 Å². The molecule has 0 bridgehead atoms. The van der Waals surface area contributed by atoms with Crippen LogP contribution in [-0.2, 0) is 16.0 Å². The number of hydrogen-bond acceptors (Lipinski definition) is 4. The maximum absolute atomic E-state index is 11.8. The molecule has 0 amide bonds. The first kappa shape index (κ1) is 11.1. The zero-order valence-electron chi connectivity index (χ0n) is 8.98. The van der Waals surface area contributed by atoms with Gasteiger partial charge in [0.25, 0.3) is 0 Å². The fraction of sp³-hybridized carbons (Fsp3) is 0.417. The van der Waals surface area contributed by atoms with Crippen LogP contribution in [0.5, 0.6) is 5.75 Å². The van der Waals surface area contributed by atoms with Crippen LogP contribution in [0, 0.1) is 0 Å². The Kier molecular flexibility index (Phi) is 3.54. The Labute approximate surface area is 94.2 Å². The lowest BCUT2D eigenvalue weighted by atomic mass is 10.0. The van der Waals surface area contributed by atoms with E-state index in [0.717, 1.165) is 12.1 Å². The molecule has 0 saturated carbocycles. The lowest BCUT2D eigenvalue weighted by Crippen LogP contribution is -2.47. The molecule has 1 aliphatic rings. The Bertz CT molecular complexity index is 355. The number of Topliss-reactive ketones (excluding diaryl/α,β-unsaturated/α-hetero) is 1. The summed E-state index contributed by atoms with van der Waals surface area (Å²) in [5.74, 6) is 0.348. The number of ether oxygens (including phenoxy) is 1. The zero-order valence-corrected chi connectivity index (χ0v) is 8.98. The predicted molar refractivity (Wildman–Crippen MR) is 59.4 cm³/mol. The van der Waals surface area contributed by atoms with E-state index in [1.165, 1.54) is 0 Å². The van der Waals surface area contributed by atoms with Gasteiger partial charge in [-0.05, 0) is 17.7 Å². The van der Waals surface area contributed by atoms with Gasteiger partial charge in [0.15, 0.2) is 5.78 Å². The first-order valence-corrected chi connectivity index (χ1v) is 5.37. The maximum atomic E-state index is 11.8. The van der Waals surface area contributed by atoms with Crippen LogP contribution in [0.1, 0.15) is 5.56 Å². The van der Waals surface area contributed by atoms with Crippen molar-refractivity contribution in [2.75, 3.05) is 19.8 Å². The molecule has 1 atom stereocenters. The largest absolute Gasteiger partial charge is 0.508 e. The van der Waals surface area contributed by atoms with Crippen LogP contribution < -0.4 is 5.32 Å². The average Bonchev–Trinajstić information content (AvgIpc) is 2.33. The third-order valence-corrected chi connectivity index (χ3v) is 2.63. The van der Waals surface area contributed by atoms with Crippen molar-refractivity contribution in [3.05, 3.63) is 29.8 Å². The third kappa shape index (κ3) is 2.81. The number of rotatable bonds is 3. The summed E-state index contributed by atoms with van der Waals surface area (Å²) in [5, 5.41) is 12.2. The van der Waals surface area contributed by atoms with Crippen LogP contribution in [-0.4, -0.2) is 36.7 Å². The number of phenolic OH excluding ortho intramolecular Hbond substituents is 1. The quantitative estimate of drug-likeness (QED) is 0.780. The molecule has 1 aliphatic heterocycles. The molecular weight excluding hydrogens is 206 g/mol. The zero-order chi connectivity index (χ0) is 11.4. The molecule has 1 aromatic carbocycles. The lowest BCUT2D eigenvalue weighted by molar-refractivity contribution is -0.123. The maximum Gasteiger partial charge on any atom is 0.156 e. The number of ketones is 1. The fourth-order valence-corrected chi connectivity index (χ4v) is 1.71. The van der Waals surface area contributed by atoms with E-state index in [2.05, 4.69) is 5.32 Å². The SMILES string of the molecule is O=C(Cc1ccc(O)cc1)C1COCCN1. The first-order valence-electron chi connectivity index (χ1n) is 5.37. The van der Waals surface area contributed by atoms with Crippen molar-refractivity contribution >= 4 is 5.78 Å². The van der Waals surface area contributed by atoms with Crippen molar-refractivity contribution in [1.82, 2.24) is 5.32 Å². The molecule has 0 spiro atoms. The lowest BCUT2D eigenvalue weighted by Gasteiger charge is -2.22. The summed E-state index contributed by atoms with van der Waals surface area (Å²) in [6.07, 6.45) is 0.376. The second-order valence-electron chi connectivity index (χ2n) is 3.89. The summed E-state index contributed by atoms with van der Waals surface area (Å²) in [7, 11) is 0. The molecule has 16 heavy (non-hydrogen) atoms. The predicted octanol–water partition coefficient (Wildman–Crippen LogP) is 0.492. The molecule has 1 heterocycles. The van der Waals surface area contributed by atoms with Crippen LogP contribution in [0.2, 0.25) is 0 Å². The van der Waals surface area contributed by atoms with Crippen LogP contribution in [0.4, 0.5) is 0 Å². The summed E-state index contributed by atoms with van der Waals surface area (Å²) in [5.41, 5.74) is 0.912. The number of phenols is 1. The number of carbonyl (C=O) groups is 1. The smallest absolute Gasteiger partial charge is 0.156 e. The third-order valence-electron chi connectivity index (χ3n) is 2.63. The highest BCUT2D eigenvalue weighted by Gasteiger charge is 2.20. The normalized spacial score (nSPS) is 20.6. The number of carbonyl (C=O) groups excluding carboxylic acids is 1. The van der Waals surface area contributed by atoms with Crippen molar-refractivity contribution in [3.63, 3.8) is 0 Å². The Morgan fingerprint density at radius 3 is 2.81 bits per heavy atom. The fourth-order valence-electron chi connectivity index (χ4n) is 1.71. The molecule has 1 saturated heterocycles. The molecule has 1 aromatic rings. The average molecular weight is 221 g/mol. The summed E-state index contributed by atoms with van der Waals surface area (Å²) >= 11 is 0. The van der Waals surface area contributed by atoms with Gasteiger partial charge in [-0.1, -0.05) is 12.1 Å². The molecule has 1 unspecified atom stereocenters. The van der Waals surface area contributed by atoms with Crippen LogP contribution in [0.15, 0.2) is 24.3 Å². The van der Waals surface area contributed by atoms with E-state index >= 15 is 0 Å². The topological polar surface area (TPSA) is 58.6 Å². The molecular formula is C12H15NO3. The molecule has 1 fully saturated rings. The Morgan fingerprint density at radius 1 is 1.44 bits per heavy atom. The minimum absolute atomic E-state index is 0.130. The van der Waals surface area contributed by atoms with E-state index in [4.69, 9.17) is 9.84 Å². The minimum Gasteiger partial charge on any atom is -0.508 e. The molecule has 4 nitrogen and oxygen atoms in total.